The molecule has 4 aromatic carbocycles. The van der Waals surface area contributed by atoms with Crippen LogP contribution in [-0.4, -0.2) is 121 Å². The molecule has 0 spiro atoms. The van der Waals surface area contributed by atoms with Gasteiger partial charge in [0.05, 0.1) is 34.8 Å². The van der Waals surface area contributed by atoms with Crippen molar-refractivity contribution in [2.75, 3.05) is 51.8 Å². The number of fused-ring (bicyclic) bond motifs is 10. The Morgan fingerprint density at radius 3 is 1.27 bits per heavy atom. The Morgan fingerprint density at radius 2 is 0.891 bits per heavy atom. The van der Waals surface area contributed by atoms with Crippen molar-refractivity contribution >= 4 is 87.5 Å². The highest BCUT2D eigenvalue weighted by atomic mass is 32.2. The van der Waals surface area contributed by atoms with Gasteiger partial charge in [0.2, 0.25) is 0 Å². The van der Waals surface area contributed by atoms with E-state index >= 15 is 0 Å². The molecule has 4 heterocycles. The van der Waals surface area contributed by atoms with Crippen LogP contribution >= 0.6 is 0 Å². The molecule has 288 valence electrons. The van der Waals surface area contributed by atoms with Crippen LogP contribution in [0.3, 0.4) is 0 Å². The van der Waals surface area contributed by atoms with Crippen LogP contribution in [0.4, 0.5) is 0 Å². The molecule has 0 aliphatic carbocycles. The van der Waals surface area contributed by atoms with Crippen LogP contribution in [0.25, 0.3) is 43.6 Å². The Hall–Kier alpha value is -5.50. The maximum atomic E-state index is 13.3. The molecule has 2 aliphatic rings. The molecule has 0 unspecified atom stereocenters. The average Bonchev–Trinajstić information content (AvgIpc) is 3.81. The average molecular weight is 791 g/mol. The van der Waals surface area contributed by atoms with E-state index in [1.165, 1.54) is 9.80 Å². The third-order valence-electron chi connectivity index (χ3n) is 8.94. The number of hydrogen-bond acceptors (Lipinski definition) is 10. The highest BCUT2D eigenvalue weighted by Crippen LogP contribution is 2.36. The first kappa shape index (κ1) is 39.2. The number of hydrogen-bond donors (Lipinski definition) is 6. The minimum Gasteiger partial charge on any atom is -0.354 e. The summed E-state index contributed by atoms with van der Waals surface area (Å²) in [5.41, 5.74) is 5.41. The summed E-state index contributed by atoms with van der Waals surface area (Å²) in [6.07, 6.45) is 2.23. The quantitative estimate of drug-likeness (QED) is 0.0665. The van der Waals surface area contributed by atoms with Gasteiger partial charge in [0.15, 0.2) is 0 Å². The number of aromatic nitrogens is 2. The van der Waals surface area contributed by atoms with E-state index in [0.717, 1.165) is 50.0 Å². The summed E-state index contributed by atoms with van der Waals surface area (Å²) < 4.78 is 51.7. The summed E-state index contributed by atoms with van der Waals surface area (Å²) in [5, 5.41) is 10.1. The number of amides is 4. The number of carbonyl (C=O) groups excluding carboxylic acids is 4. The van der Waals surface area contributed by atoms with Crippen LogP contribution < -0.4 is 10.6 Å². The summed E-state index contributed by atoms with van der Waals surface area (Å²) >= 11 is 0. The fourth-order valence-corrected chi connectivity index (χ4v) is 6.81. The third-order valence-corrected chi connectivity index (χ3v) is 8.94. The van der Waals surface area contributed by atoms with E-state index in [9.17, 15) is 36.0 Å². The molecule has 8 rings (SSSR count). The van der Waals surface area contributed by atoms with Gasteiger partial charge in [-0.25, -0.2) is 0 Å². The summed E-state index contributed by atoms with van der Waals surface area (Å²) in [7, 11) is -7.33. The second-order valence-electron chi connectivity index (χ2n) is 13.0. The molecule has 0 bridgehead atoms. The lowest BCUT2D eigenvalue weighted by Gasteiger charge is -2.15. The molecule has 0 fully saturated rings. The van der Waals surface area contributed by atoms with E-state index in [2.05, 4.69) is 20.6 Å². The second kappa shape index (κ2) is 15.7. The van der Waals surface area contributed by atoms with Gasteiger partial charge in [-0.2, -0.15) is 16.8 Å². The van der Waals surface area contributed by atoms with E-state index in [1.54, 1.807) is 12.1 Å². The smallest absolute Gasteiger partial charge is 0.262 e. The number of para-hydroxylation sites is 2. The zero-order valence-electron chi connectivity index (χ0n) is 29.7. The number of nitrogens with zero attached hydrogens (tertiary/aromatic N) is 2. The molecule has 2 aromatic heterocycles. The van der Waals surface area contributed by atoms with Gasteiger partial charge in [-0.1, -0.05) is 36.4 Å². The molecule has 6 N–H and O–H groups in total. The Kier molecular flexibility index (Phi) is 11.2. The zero-order chi connectivity index (χ0) is 39.7. The zero-order valence-corrected chi connectivity index (χ0v) is 31.4. The maximum Gasteiger partial charge on any atom is 0.262 e. The van der Waals surface area contributed by atoms with Gasteiger partial charge in [-0.15, -0.1) is 0 Å². The normalized spacial score (nSPS) is 14.1. The van der Waals surface area contributed by atoms with Crippen LogP contribution in [-0.2, 0) is 20.2 Å². The van der Waals surface area contributed by atoms with E-state index in [-0.39, 0.29) is 36.7 Å². The Labute approximate surface area is 315 Å². The lowest BCUT2D eigenvalue weighted by molar-refractivity contribution is 0.0641. The molecule has 55 heavy (non-hydrogen) atoms. The topological polar surface area (TPSA) is 239 Å². The lowest BCUT2D eigenvalue weighted by Crippen LogP contribution is -2.38. The summed E-state index contributed by atoms with van der Waals surface area (Å²) in [5.74, 6) is -1.03. The van der Waals surface area contributed by atoms with Gasteiger partial charge in [0, 0.05) is 69.8 Å². The van der Waals surface area contributed by atoms with Gasteiger partial charge in [0.25, 0.3) is 43.9 Å². The number of H-pyrrole nitrogens is 2. The summed E-state index contributed by atoms with van der Waals surface area (Å²) in [6.45, 7) is 2.92. The lowest BCUT2D eigenvalue weighted by atomic mass is 10.0. The fourth-order valence-electron chi connectivity index (χ4n) is 6.81. The molecular weight excluding hydrogens is 753 g/mol. The molecule has 18 heteroatoms. The van der Waals surface area contributed by atoms with Crippen molar-refractivity contribution in [2.45, 2.75) is 6.42 Å². The first-order chi connectivity index (χ1) is 26.0. The fraction of sp³-hybridized carbons (Fsp3) is 0.243. The first-order valence-corrected chi connectivity index (χ1v) is 20.8. The monoisotopic (exact) mass is 790 g/mol. The van der Waals surface area contributed by atoms with E-state index in [1.807, 2.05) is 60.7 Å². The van der Waals surface area contributed by atoms with Crippen molar-refractivity contribution in [3.05, 3.63) is 95.1 Å². The molecule has 6 aromatic rings. The predicted molar refractivity (Wildman–Crippen MR) is 208 cm³/mol. The van der Waals surface area contributed by atoms with Crippen LogP contribution in [0.15, 0.2) is 72.8 Å². The van der Waals surface area contributed by atoms with Gasteiger partial charge < -0.3 is 20.6 Å². The molecular formula is C37H38N6O10S2. The number of nitrogens with one attached hydrogen (secondary N) is 4. The standard InChI is InChI=1S/C35H30N6O4.2CH4O3S/c42-32-22-10-12-26-28(20-6-1-3-8-24(20)38-26)30(22)34(44)40(32)18-16-36-14-5-15-37-17-19-41-33(43)23-11-13-27-29(31(23)35(41)45)21-7-2-4-9-25(21)39-27;2*1-5(2,3)4/h1-4,6-13,36-39H,5,14-19H2;2*1H3,(H,2,3,4). The molecule has 0 atom stereocenters. The first-order valence-electron chi connectivity index (χ1n) is 17.1. The number of imide groups is 2. The van der Waals surface area contributed by atoms with Crippen LogP contribution in [0.2, 0.25) is 0 Å². The van der Waals surface area contributed by atoms with Crippen molar-refractivity contribution < 1.29 is 45.1 Å². The molecule has 0 radical (unpaired) electrons. The van der Waals surface area contributed by atoms with Crippen molar-refractivity contribution in [2.24, 2.45) is 0 Å². The number of aromatic amines is 2. The Balaban J connectivity index is 0.000000459. The number of rotatable bonds is 10. The van der Waals surface area contributed by atoms with Crippen LogP contribution in [0.1, 0.15) is 47.9 Å². The maximum absolute atomic E-state index is 13.3. The van der Waals surface area contributed by atoms with Gasteiger partial charge in [0.1, 0.15) is 0 Å². The molecule has 0 saturated heterocycles. The van der Waals surface area contributed by atoms with Gasteiger partial charge >= 0.3 is 0 Å². The van der Waals surface area contributed by atoms with Crippen molar-refractivity contribution in [1.82, 2.24) is 30.4 Å². The van der Waals surface area contributed by atoms with Crippen LogP contribution in [0, 0.1) is 0 Å². The second-order valence-corrected chi connectivity index (χ2v) is 15.9. The predicted octanol–water partition coefficient (Wildman–Crippen LogP) is 3.43. The largest absolute Gasteiger partial charge is 0.354 e. The Morgan fingerprint density at radius 1 is 0.527 bits per heavy atom. The molecule has 4 amide bonds. The number of benzene rings is 4. The number of carbonyl (C=O) groups is 4. The highest BCUT2D eigenvalue weighted by Gasteiger charge is 2.38. The SMILES string of the molecule is CS(=O)(=O)O.CS(=O)(=O)O.O=C1c2ccc3[nH]c4ccccc4c3c2C(=O)N1CCNCCCNCCN1C(=O)c2ccc3[nH]c4ccccc4c3c2C1=O. The minimum absolute atomic E-state index is 0.257. The molecule has 16 nitrogen and oxygen atoms in total. The van der Waals surface area contributed by atoms with Gasteiger partial charge in [-0.3, -0.25) is 38.1 Å². The highest BCUT2D eigenvalue weighted by molar-refractivity contribution is 7.85. The summed E-state index contributed by atoms with van der Waals surface area (Å²) in [4.78, 5) is 62.2. The molecule has 0 saturated carbocycles. The van der Waals surface area contributed by atoms with Crippen LogP contribution in [0.5, 0.6) is 0 Å². The third kappa shape index (κ3) is 8.59. The van der Waals surface area contributed by atoms with Crippen molar-refractivity contribution in [1.29, 1.82) is 0 Å². The van der Waals surface area contributed by atoms with E-state index in [0.29, 0.717) is 60.9 Å². The van der Waals surface area contributed by atoms with Crippen molar-refractivity contribution in [3.63, 3.8) is 0 Å². The van der Waals surface area contributed by atoms with E-state index < -0.39 is 20.2 Å². The molecule has 2 aliphatic heterocycles. The minimum atomic E-state index is -3.67. The van der Waals surface area contributed by atoms with E-state index in [4.69, 9.17) is 9.11 Å². The Bertz CT molecular complexity index is 2520. The summed E-state index contributed by atoms with van der Waals surface area (Å²) in [6, 6.07) is 22.8. The van der Waals surface area contributed by atoms with Gasteiger partial charge in [-0.05, 0) is 55.9 Å². The van der Waals surface area contributed by atoms with Crippen molar-refractivity contribution in [3.8, 4) is 0 Å².